The van der Waals surface area contributed by atoms with Gasteiger partial charge in [0.15, 0.2) is 0 Å². The van der Waals surface area contributed by atoms with Gasteiger partial charge in [-0.1, -0.05) is 30.3 Å². The van der Waals surface area contributed by atoms with E-state index in [1.54, 1.807) is 0 Å². The van der Waals surface area contributed by atoms with Crippen LogP contribution in [0.3, 0.4) is 0 Å². The van der Waals surface area contributed by atoms with Gasteiger partial charge >= 0.3 is 0 Å². The highest BCUT2D eigenvalue weighted by Crippen LogP contribution is 2.27. The fraction of sp³-hybridized carbons (Fsp3) is 0.308. The molecule has 0 aliphatic carbocycles. The standard InChI is InChI=1S/C13H16N4/c14-9-11-6-7-15-13-8-12(16-17(11)13)10-4-2-1-3-5-10/h1-5,8,11,15H,6-7,9,14H2. The van der Waals surface area contributed by atoms with Crippen molar-refractivity contribution in [3.8, 4) is 11.3 Å². The number of fused-ring (bicyclic) bond motifs is 1. The predicted molar refractivity (Wildman–Crippen MR) is 68.9 cm³/mol. The molecule has 3 rings (SSSR count). The van der Waals surface area contributed by atoms with Gasteiger partial charge in [-0.2, -0.15) is 5.10 Å². The molecule has 2 aromatic rings. The van der Waals surface area contributed by atoms with Gasteiger partial charge in [0.25, 0.3) is 0 Å². The Bertz CT molecular complexity index is 503. The van der Waals surface area contributed by atoms with Gasteiger partial charge < -0.3 is 11.1 Å². The molecule has 88 valence electrons. The van der Waals surface area contributed by atoms with E-state index in [2.05, 4.69) is 28.6 Å². The Morgan fingerprint density at radius 1 is 1.35 bits per heavy atom. The second-order valence-electron chi connectivity index (χ2n) is 4.33. The first-order chi connectivity index (χ1) is 8.38. The van der Waals surface area contributed by atoms with E-state index in [4.69, 9.17) is 5.73 Å². The summed E-state index contributed by atoms with van der Waals surface area (Å²) in [6, 6.07) is 12.6. The highest BCUT2D eigenvalue weighted by Gasteiger charge is 2.20. The van der Waals surface area contributed by atoms with E-state index in [0.29, 0.717) is 12.6 Å². The van der Waals surface area contributed by atoms with E-state index in [1.165, 1.54) is 0 Å². The molecule has 0 radical (unpaired) electrons. The van der Waals surface area contributed by atoms with E-state index < -0.39 is 0 Å². The number of nitrogens with one attached hydrogen (secondary N) is 1. The van der Waals surface area contributed by atoms with E-state index in [-0.39, 0.29) is 0 Å². The van der Waals surface area contributed by atoms with E-state index in [0.717, 1.165) is 30.0 Å². The number of hydrogen-bond acceptors (Lipinski definition) is 3. The van der Waals surface area contributed by atoms with Crippen LogP contribution in [0.1, 0.15) is 12.5 Å². The minimum atomic E-state index is 0.323. The van der Waals surface area contributed by atoms with Crippen molar-refractivity contribution in [3.63, 3.8) is 0 Å². The Labute approximate surface area is 100 Å². The third-order valence-electron chi connectivity index (χ3n) is 3.21. The van der Waals surface area contributed by atoms with Crippen molar-refractivity contribution in [2.45, 2.75) is 12.5 Å². The Morgan fingerprint density at radius 3 is 2.94 bits per heavy atom. The maximum atomic E-state index is 5.78. The van der Waals surface area contributed by atoms with Crippen LogP contribution in [0.4, 0.5) is 5.82 Å². The highest BCUT2D eigenvalue weighted by molar-refractivity contribution is 5.63. The molecule has 0 saturated heterocycles. The molecule has 1 aliphatic heterocycles. The summed E-state index contributed by atoms with van der Waals surface area (Å²) < 4.78 is 2.02. The number of nitrogens with zero attached hydrogens (tertiary/aromatic N) is 2. The Balaban J connectivity index is 2.02. The molecule has 1 unspecified atom stereocenters. The molecule has 3 N–H and O–H groups in total. The molecule has 4 heteroatoms. The summed E-state index contributed by atoms with van der Waals surface area (Å²) >= 11 is 0. The molecule has 0 fully saturated rings. The minimum absolute atomic E-state index is 0.323. The van der Waals surface area contributed by atoms with Crippen molar-refractivity contribution < 1.29 is 0 Å². The maximum absolute atomic E-state index is 5.78. The fourth-order valence-corrected chi connectivity index (χ4v) is 2.26. The molecule has 0 spiro atoms. The lowest BCUT2D eigenvalue weighted by Crippen LogP contribution is -2.28. The summed E-state index contributed by atoms with van der Waals surface area (Å²) in [4.78, 5) is 0. The quantitative estimate of drug-likeness (QED) is 0.825. The van der Waals surface area contributed by atoms with Gasteiger partial charge in [-0.25, -0.2) is 4.68 Å². The van der Waals surface area contributed by atoms with Crippen LogP contribution >= 0.6 is 0 Å². The Hall–Kier alpha value is -1.81. The van der Waals surface area contributed by atoms with Crippen LogP contribution in [0.25, 0.3) is 11.3 Å². The van der Waals surface area contributed by atoms with Gasteiger partial charge in [-0.05, 0) is 6.42 Å². The summed E-state index contributed by atoms with van der Waals surface area (Å²) in [6.07, 6.45) is 1.04. The molecule has 1 aromatic heterocycles. The van der Waals surface area contributed by atoms with Crippen LogP contribution in [0.15, 0.2) is 36.4 Å². The molecule has 1 aliphatic rings. The van der Waals surface area contributed by atoms with Crippen LogP contribution in [-0.4, -0.2) is 22.9 Å². The summed E-state index contributed by atoms with van der Waals surface area (Å²) in [5.41, 5.74) is 7.93. The molecule has 0 saturated carbocycles. The Morgan fingerprint density at radius 2 is 2.18 bits per heavy atom. The van der Waals surface area contributed by atoms with E-state index in [1.807, 2.05) is 22.9 Å². The van der Waals surface area contributed by atoms with Gasteiger partial charge in [0.2, 0.25) is 0 Å². The first kappa shape index (κ1) is 10.4. The molecule has 2 heterocycles. The number of rotatable bonds is 2. The molecular formula is C13H16N4. The fourth-order valence-electron chi connectivity index (χ4n) is 2.26. The van der Waals surface area contributed by atoms with Gasteiger partial charge in [0.05, 0.1) is 11.7 Å². The molecule has 17 heavy (non-hydrogen) atoms. The number of benzene rings is 1. The van der Waals surface area contributed by atoms with Gasteiger partial charge in [0, 0.05) is 24.7 Å². The number of aromatic nitrogens is 2. The highest BCUT2D eigenvalue weighted by atomic mass is 15.4. The number of nitrogens with two attached hydrogens (primary N) is 1. The van der Waals surface area contributed by atoms with E-state index in [9.17, 15) is 0 Å². The summed E-state index contributed by atoms with van der Waals surface area (Å²) in [7, 11) is 0. The number of hydrogen-bond donors (Lipinski definition) is 2. The summed E-state index contributed by atoms with van der Waals surface area (Å²) in [5.74, 6) is 1.07. The second-order valence-corrected chi connectivity index (χ2v) is 4.33. The third-order valence-corrected chi connectivity index (χ3v) is 3.21. The second kappa shape index (κ2) is 4.22. The smallest absolute Gasteiger partial charge is 0.125 e. The average Bonchev–Trinajstić information content (AvgIpc) is 2.83. The van der Waals surface area contributed by atoms with Crippen molar-refractivity contribution in [2.24, 2.45) is 5.73 Å². The lowest BCUT2D eigenvalue weighted by Gasteiger charge is -2.24. The van der Waals surface area contributed by atoms with E-state index >= 15 is 0 Å². The molecule has 0 bridgehead atoms. The topological polar surface area (TPSA) is 55.9 Å². The van der Waals surface area contributed by atoms with Gasteiger partial charge in [0.1, 0.15) is 5.82 Å². The predicted octanol–water partition coefficient (Wildman–Crippen LogP) is 1.87. The SMILES string of the molecule is NCC1CCNc2cc(-c3ccccc3)nn21. The van der Waals surface area contributed by atoms with Gasteiger partial charge in [-0.15, -0.1) is 0 Å². The lowest BCUT2D eigenvalue weighted by atomic mass is 10.1. The molecule has 1 aromatic carbocycles. The lowest BCUT2D eigenvalue weighted by molar-refractivity contribution is 0.429. The maximum Gasteiger partial charge on any atom is 0.125 e. The summed E-state index contributed by atoms with van der Waals surface area (Å²) in [5, 5.41) is 8.01. The molecular weight excluding hydrogens is 212 g/mol. The largest absolute Gasteiger partial charge is 0.370 e. The van der Waals surface area contributed by atoms with Gasteiger partial charge in [-0.3, -0.25) is 0 Å². The normalized spacial score (nSPS) is 18.5. The van der Waals surface area contributed by atoms with Crippen LogP contribution < -0.4 is 11.1 Å². The minimum Gasteiger partial charge on any atom is -0.370 e. The van der Waals surface area contributed by atoms with Crippen molar-refractivity contribution in [1.29, 1.82) is 0 Å². The Kier molecular flexibility index (Phi) is 2.57. The van der Waals surface area contributed by atoms with Crippen LogP contribution in [-0.2, 0) is 0 Å². The average molecular weight is 228 g/mol. The zero-order valence-electron chi connectivity index (χ0n) is 9.63. The molecule has 0 amide bonds. The molecule has 4 nitrogen and oxygen atoms in total. The van der Waals surface area contributed by atoms with Crippen molar-refractivity contribution in [1.82, 2.24) is 9.78 Å². The van der Waals surface area contributed by atoms with Crippen LogP contribution in [0.2, 0.25) is 0 Å². The van der Waals surface area contributed by atoms with Crippen LogP contribution in [0.5, 0.6) is 0 Å². The third kappa shape index (κ3) is 1.80. The zero-order chi connectivity index (χ0) is 11.7. The first-order valence-corrected chi connectivity index (χ1v) is 5.97. The van der Waals surface area contributed by atoms with Crippen molar-refractivity contribution in [2.75, 3.05) is 18.4 Å². The van der Waals surface area contributed by atoms with Crippen LogP contribution in [0, 0.1) is 0 Å². The monoisotopic (exact) mass is 228 g/mol. The first-order valence-electron chi connectivity index (χ1n) is 5.97. The van der Waals surface area contributed by atoms with Crippen molar-refractivity contribution in [3.05, 3.63) is 36.4 Å². The zero-order valence-corrected chi connectivity index (χ0v) is 9.63. The summed E-state index contributed by atoms with van der Waals surface area (Å²) in [6.45, 7) is 1.62. The van der Waals surface area contributed by atoms with Crippen molar-refractivity contribution >= 4 is 5.82 Å². The molecule has 1 atom stereocenters. The number of anilines is 1.